The number of aliphatic hydroxyl groups excluding tert-OH is 1. The summed E-state index contributed by atoms with van der Waals surface area (Å²) < 4.78 is 0. The maximum atomic E-state index is 9.56. The minimum Gasteiger partial charge on any atom is -0.513 e. The molecule has 1 saturated carbocycles. The number of piperidine rings is 1. The summed E-state index contributed by atoms with van der Waals surface area (Å²) in [7, 11) is 0. The molecular formula is C27H49ClN2O. The van der Waals surface area contributed by atoms with Gasteiger partial charge in [0.15, 0.2) is 0 Å². The van der Waals surface area contributed by atoms with Crippen molar-refractivity contribution in [3.05, 3.63) is 11.8 Å². The van der Waals surface area contributed by atoms with Crippen LogP contribution in [-0.2, 0) is 0 Å². The Balaban J connectivity index is 1.41. The molecule has 180 valence electrons. The third kappa shape index (κ3) is 7.64. The molecule has 0 spiro atoms. The van der Waals surface area contributed by atoms with Crippen LogP contribution >= 0.6 is 11.6 Å². The summed E-state index contributed by atoms with van der Waals surface area (Å²) in [6.07, 6.45) is 14.2. The van der Waals surface area contributed by atoms with E-state index in [1.807, 2.05) is 6.08 Å². The SMILES string of the molecule is CC(C)[C@H](CN1CC[C@H](C2CCC(Cl)CC2)C(C)(C)C1)NCCCC1CC=C(O)CC1. The highest BCUT2D eigenvalue weighted by Crippen LogP contribution is 2.45. The zero-order valence-corrected chi connectivity index (χ0v) is 21.5. The van der Waals surface area contributed by atoms with E-state index in [0.29, 0.717) is 28.5 Å². The van der Waals surface area contributed by atoms with E-state index in [9.17, 15) is 5.11 Å². The molecule has 3 nitrogen and oxygen atoms in total. The molecule has 3 aliphatic rings. The van der Waals surface area contributed by atoms with E-state index in [2.05, 4.69) is 37.9 Å². The van der Waals surface area contributed by atoms with E-state index in [-0.39, 0.29) is 0 Å². The lowest BCUT2D eigenvalue weighted by atomic mass is 9.64. The molecule has 0 aromatic rings. The van der Waals surface area contributed by atoms with E-state index in [0.717, 1.165) is 43.6 Å². The molecule has 31 heavy (non-hydrogen) atoms. The van der Waals surface area contributed by atoms with Gasteiger partial charge in [-0.05, 0) is 106 Å². The van der Waals surface area contributed by atoms with E-state index < -0.39 is 0 Å². The highest BCUT2D eigenvalue weighted by molar-refractivity contribution is 6.20. The highest BCUT2D eigenvalue weighted by Gasteiger charge is 2.41. The van der Waals surface area contributed by atoms with Crippen molar-refractivity contribution < 1.29 is 5.11 Å². The number of hydrogen-bond acceptors (Lipinski definition) is 3. The molecule has 0 amide bonds. The number of aliphatic hydroxyl groups is 1. The van der Waals surface area contributed by atoms with Crippen molar-refractivity contribution in [2.45, 2.75) is 103 Å². The van der Waals surface area contributed by atoms with Crippen LogP contribution in [0.15, 0.2) is 11.8 Å². The minimum atomic E-state index is 0.406. The van der Waals surface area contributed by atoms with Gasteiger partial charge in [-0.3, -0.25) is 0 Å². The molecule has 0 bridgehead atoms. The van der Waals surface area contributed by atoms with Crippen LogP contribution in [0.1, 0.15) is 91.9 Å². The monoisotopic (exact) mass is 452 g/mol. The summed E-state index contributed by atoms with van der Waals surface area (Å²) in [5.41, 5.74) is 0.406. The van der Waals surface area contributed by atoms with Crippen LogP contribution in [0.2, 0.25) is 0 Å². The lowest BCUT2D eigenvalue weighted by molar-refractivity contribution is 0.00484. The third-order valence-electron chi connectivity index (χ3n) is 8.61. The van der Waals surface area contributed by atoms with Crippen molar-refractivity contribution in [3.63, 3.8) is 0 Å². The second-order valence-electron chi connectivity index (χ2n) is 11.9. The molecule has 3 rings (SSSR count). The summed E-state index contributed by atoms with van der Waals surface area (Å²) >= 11 is 6.38. The van der Waals surface area contributed by atoms with Gasteiger partial charge < -0.3 is 15.3 Å². The van der Waals surface area contributed by atoms with Crippen LogP contribution < -0.4 is 5.32 Å². The van der Waals surface area contributed by atoms with E-state index in [1.54, 1.807) is 0 Å². The Bertz CT molecular complexity index is 568. The van der Waals surface area contributed by atoms with Gasteiger partial charge >= 0.3 is 0 Å². The standard InChI is InChI=1S/C27H49ClN2O/c1-20(2)26(29-16-5-6-21-7-13-24(31)14-8-21)18-30-17-15-25(27(3,4)19-30)22-9-11-23(28)12-10-22/h13,20-23,25-26,29,31H,5-12,14-19H2,1-4H3/t21?,22?,23?,25-,26+/m1/s1. The maximum absolute atomic E-state index is 9.56. The molecule has 3 atom stereocenters. The molecule has 2 N–H and O–H groups in total. The highest BCUT2D eigenvalue weighted by atomic mass is 35.5. The number of alkyl halides is 1. The minimum absolute atomic E-state index is 0.406. The molecule has 1 aliphatic heterocycles. The number of allylic oxidation sites excluding steroid dienone is 2. The first-order valence-corrected chi connectivity index (χ1v) is 13.7. The number of nitrogens with one attached hydrogen (secondary N) is 1. The van der Waals surface area contributed by atoms with Crippen molar-refractivity contribution in [1.82, 2.24) is 10.2 Å². The zero-order chi connectivity index (χ0) is 22.4. The van der Waals surface area contributed by atoms with Gasteiger partial charge in [0.05, 0.1) is 5.76 Å². The van der Waals surface area contributed by atoms with Crippen molar-refractivity contribution in [2.24, 2.45) is 29.1 Å². The summed E-state index contributed by atoms with van der Waals surface area (Å²) in [4.78, 5) is 2.75. The Morgan fingerprint density at radius 3 is 2.52 bits per heavy atom. The molecule has 0 aromatic heterocycles. The predicted octanol–water partition coefficient (Wildman–Crippen LogP) is 6.77. The summed E-state index contributed by atoms with van der Waals surface area (Å²) in [6.45, 7) is 14.6. The summed E-state index contributed by atoms with van der Waals surface area (Å²) in [5.74, 6) is 3.79. The van der Waals surface area contributed by atoms with Gasteiger partial charge in [-0.25, -0.2) is 0 Å². The Kier molecular flexibility index (Phi) is 9.62. The molecule has 1 heterocycles. The molecular weight excluding hydrogens is 404 g/mol. The van der Waals surface area contributed by atoms with Crippen molar-refractivity contribution in [2.75, 3.05) is 26.2 Å². The Labute approximate surface area is 197 Å². The van der Waals surface area contributed by atoms with Crippen molar-refractivity contribution >= 4 is 11.6 Å². The second kappa shape index (κ2) is 11.7. The number of rotatable bonds is 9. The predicted molar refractivity (Wildman–Crippen MR) is 134 cm³/mol. The molecule has 0 radical (unpaired) electrons. The molecule has 0 aromatic carbocycles. The van der Waals surface area contributed by atoms with Gasteiger partial charge in [-0.1, -0.05) is 27.7 Å². The first kappa shape index (κ1) is 25.4. The molecule has 1 unspecified atom stereocenters. The normalized spacial score (nSPS) is 33.3. The van der Waals surface area contributed by atoms with Gasteiger partial charge in [0.1, 0.15) is 0 Å². The number of likely N-dealkylation sites (tertiary alicyclic amines) is 1. The van der Waals surface area contributed by atoms with Crippen LogP contribution in [0, 0.1) is 29.1 Å². The van der Waals surface area contributed by atoms with Crippen LogP contribution in [0.5, 0.6) is 0 Å². The largest absolute Gasteiger partial charge is 0.513 e. The van der Waals surface area contributed by atoms with Gasteiger partial charge in [-0.15, -0.1) is 11.6 Å². The van der Waals surface area contributed by atoms with Gasteiger partial charge in [0, 0.05) is 30.9 Å². The van der Waals surface area contributed by atoms with Crippen LogP contribution in [0.3, 0.4) is 0 Å². The fourth-order valence-electron chi connectivity index (χ4n) is 6.60. The van der Waals surface area contributed by atoms with Crippen molar-refractivity contribution in [1.29, 1.82) is 0 Å². The van der Waals surface area contributed by atoms with Gasteiger partial charge in [0.2, 0.25) is 0 Å². The Hall–Kier alpha value is -0.250. The zero-order valence-electron chi connectivity index (χ0n) is 20.7. The number of hydrogen-bond donors (Lipinski definition) is 2. The van der Waals surface area contributed by atoms with Crippen LogP contribution in [0.4, 0.5) is 0 Å². The van der Waals surface area contributed by atoms with Gasteiger partial charge in [-0.2, -0.15) is 0 Å². The lowest BCUT2D eigenvalue weighted by Crippen LogP contribution is -2.53. The fourth-order valence-corrected chi connectivity index (χ4v) is 6.85. The smallest absolute Gasteiger partial charge is 0.0883 e. The van der Waals surface area contributed by atoms with Crippen molar-refractivity contribution in [3.8, 4) is 0 Å². The fraction of sp³-hybridized carbons (Fsp3) is 0.926. The maximum Gasteiger partial charge on any atom is 0.0883 e. The van der Waals surface area contributed by atoms with E-state index >= 15 is 0 Å². The molecule has 2 fully saturated rings. The summed E-state index contributed by atoms with van der Waals surface area (Å²) in [5, 5.41) is 13.9. The summed E-state index contributed by atoms with van der Waals surface area (Å²) in [6, 6.07) is 0.578. The number of halogens is 1. The second-order valence-corrected chi connectivity index (χ2v) is 12.5. The van der Waals surface area contributed by atoms with Crippen LogP contribution in [-0.4, -0.2) is 47.6 Å². The average molecular weight is 453 g/mol. The molecule has 2 aliphatic carbocycles. The third-order valence-corrected chi connectivity index (χ3v) is 9.05. The number of nitrogens with zero attached hydrogens (tertiary/aromatic N) is 1. The van der Waals surface area contributed by atoms with E-state index in [4.69, 9.17) is 11.6 Å². The average Bonchev–Trinajstić information content (AvgIpc) is 2.72. The Morgan fingerprint density at radius 1 is 1.16 bits per heavy atom. The van der Waals surface area contributed by atoms with E-state index in [1.165, 1.54) is 64.6 Å². The van der Waals surface area contributed by atoms with Crippen LogP contribution in [0.25, 0.3) is 0 Å². The lowest BCUT2D eigenvalue weighted by Gasteiger charge is -2.49. The molecule has 4 heteroatoms. The first-order valence-electron chi connectivity index (χ1n) is 13.2. The first-order chi connectivity index (χ1) is 14.7. The topological polar surface area (TPSA) is 35.5 Å². The Morgan fingerprint density at radius 2 is 1.90 bits per heavy atom. The van der Waals surface area contributed by atoms with Gasteiger partial charge in [0.25, 0.3) is 0 Å². The molecule has 1 saturated heterocycles. The quantitative estimate of drug-likeness (QED) is 0.299.